The van der Waals surface area contributed by atoms with E-state index in [1.54, 1.807) is 0 Å². The van der Waals surface area contributed by atoms with Gasteiger partial charge in [-0.3, -0.25) is 0 Å². The molecule has 22 heavy (non-hydrogen) atoms. The maximum atomic E-state index is 8.85. The van der Waals surface area contributed by atoms with Crippen molar-refractivity contribution >= 4 is 0 Å². The second-order valence-corrected chi connectivity index (χ2v) is 5.40. The van der Waals surface area contributed by atoms with Crippen LogP contribution in [0.5, 0.6) is 0 Å². The maximum absolute atomic E-state index is 8.85. The second-order valence-electron chi connectivity index (χ2n) is 5.40. The van der Waals surface area contributed by atoms with Crippen molar-refractivity contribution in [3.05, 3.63) is 36.0 Å². The lowest BCUT2D eigenvalue weighted by molar-refractivity contribution is 0.376. The minimum atomic E-state index is 0.143. The third kappa shape index (κ3) is 12.5. The van der Waals surface area contributed by atoms with E-state index in [2.05, 4.69) is 66.3 Å². The van der Waals surface area contributed by atoms with Crippen LogP contribution in [0.15, 0.2) is 36.0 Å². The number of rotatable bonds is 7. The SMILES string of the molecule is C=C(C#N)/C=C(\C=C/CCC)C(C)(CC)CC.CC.CCC. The molecule has 0 aromatic carbocycles. The smallest absolute Gasteiger partial charge is 0.0985 e. The van der Waals surface area contributed by atoms with Gasteiger partial charge in [0.05, 0.1) is 6.07 Å². The van der Waals surface area contributed by atoms with E-state index >= 15 is 0 Å². The lowest BCUT2D eigenvalue weighted by Crippen LogP contribution is -2.16. The summed E-state index contributed by atoms with van der Waals surface area (Å²) < 4.78 is 0. The van der Waals surface area contributed by atoms with Gasteiger partial charge in [0.25, 0.3) is 0 Å². The van der Waals surface area contributed by atoms with Gasteiger partial charge in [0, 0.05) is 5.57 Å². The molecule has 0 spiro atoms. The largest absolute Gasteiger partial charge is 0.192 e. The number of nitriles is 1. The van der Waals surface area contributed by atoms with Crippen LogP contribution >= 0.6 is 0 Å². The maximum Gasteiger partial charge on any atom is 0.0985 e. The van der Waals surface area contributed by atoms with Gasteiger partial charge in [-0.2, -0.15) is 5.26 Å². The molecule has 0 aliphatic rings. The van der Waals surface area contributed by atoms with E-state index in [4.69, 9.17) is 5.26 Å². The van der Waals surface area contributed by atoms with Gasteiger partial charge in [-0.15, -0.1) is 0 Å². The molecule has 0 heterocycles. The number of nitrogens with zero attached hydrogens (tertiary/aromatic N) is 1. The van der Waals surface area contributed by atoms with Crippen LogP contribution in [-0.4, -0.2) is 0 Å². The van der Waals surface area contributed by atoms with E-state index in [-0.39, 0.29) is 5.41 Å². The third-order valence-electron chi connectivity index (χ3n) is 3.48. The fourth-order valence-corrected chi connectivity index (χ4v) is 1.68. The Kier molecular flexibility index (Phi) is 20.7. The number of hydrogen-bond acceptors (Lipinski definition) is 1. The molecule has 0 aliphatic heterocycles. The van der Waals surface area contributed by atoms with Crippen LogP contribution < -0.4 is 0 Å². The number of allylic oxidation sites excluding steroid dienone is 5. The van der Waals surface area contributed by atoms with E-state index in [0.717, 1.165) is 25.7 Å². The van der Waals surface area contributed by atoms with Crippen molar-refractivity contribution in [1.29, 1.82) is 5.26 Å². The Bertz CT molecular complexity index is 349. The van der Waals surface area contributed by atoms with Crippen LogP contribution in [0.4, 0.5) is 0 Å². The Morgan fingerprint density at radius 2 is 1.55 bits per heavy atom. The molecule has 0 N–H and O–H groups in total. The van der Waals surface area contributed by atoms with Gasteiger partial charge in [0.1, 0.15) is 0 Å². The molecule has 0 aromatic rings. The van der Waals surface area contributed by atoms with Crippen molar-refractivity contribution in [1.82, 2.24) is 0 Å². The number of unbranched alkanes of at least 4 members (excludes halogenated alkanes) is 1. The first-order valence-electron chi connectivity index (χ1n) is 8.93. The van der Waals surface area contributed by atoms with Crippen molar-refractivity contribution < 1.29 is 0 Å². The van der Waals surface area contributed by atoms with E-state index in [0.29, 0.717) is 5.57 Å². The van der Waals surface area contributed by atoms with E-state index in [1.165, 1.54) is 12.0 Å². The van der Waals surface area contributed by atoms with Gasteiger partial charge in [0.15, 0.2) is 0 Å². The summed E-state index contributed by atoms with van der Waals surface area (Å²) in [5.74, 6) is 0. The fraction of sp³-hybridized carbons (Fsp3) is 0.667. The summed E-state index contributed by atoms with van der Waals surface area (Å²) in [6, 6.07) is 2.10. The van der Waals surface area contributed by atoms with Crippen molar-refractivity contribution in [2.45, 2.75) is 87.5 Å². The summed E-state index contributed by atoms with van der Waals surface area (Å²) in [5.41, 5.74) is 1.90. The minimum Gasteiger partial charge on any atom is -0.192 e. The van der Waals surface area contributed by atoms with Gasteiger partial charge in [-0.25, -0.2) is 0 Å². The zero-order valence-electron chi connectivity index (χ0n) is 16.4. The molecule has 128 valence electrons. The highest BCUT2D eigenvalue weighted by Crippen LogP contribution is 2.35. The third-order valence-corrected chi connectivity index (χ3v) is 3.48. The molecule has 0 saturated heterocycles. The van der Waals surface area contributed by atoms with E-state index in [9.17, 15) is 0 Å². The van der Waals surface area contributed by atoms with E-state index < -0.39 is 0 Å². The van der Waals surface area contributed by atoms with Crippen LogP contribution in [0.3, 0.4) is 0 Å². The molecule has 0 unspecified atom stereocenters. The molecule has 0 amide bonds. The summed E-state index contributed by atoms with van der Waals surface area (Å²) in [4.78, 5) is 0. The van der Waals surface area contributed by atoms with E-state index in [1.807, 2.05) is 19.9 Å². The molecule has 0 fully saturated rings. The first-order chi connectivity index (χ1) is 10.4. The standard InChI is InChI=1S/C16H25N.C3H8.C2H6/c1-6-9-10-11-15(12-14(4)13-17)16(5,7-2)8-3;1-3-2;1-2/h10-12H,4,6-9H2,1-3,5H3;3H2,1-2H3;1-2H3/b11-10-,15-12+;;. The molecule has 0 radical (unpaired) electrons. The predicted octanol–water partition coefficient (Wildman–Crippen LogP) is 7.62. The summed E-state index contributed by atoms with van der Waals surface area (Å²) in [5, 5.41) is 8.85. The molecule has 1 heteroatoms. The summed E-state index contributed by atoms with van der Waals surface area (Å²) in [7, 11) is 0. The Balaban J connectivity index is -0.000000637. The van der Waals surface area contributed by atoms with Gasteiger partial charge in [-0.05, 0) is 36.3 Å². The molecular weight excluding hydrogens is 266 g/mol. The van der Waals surface area contributed by atoms with Crippen molar-refractivity contribution in [2.24, 2.45) is 5.41 Å². The normalized spacial score (nSPS) is 11.0. The molecule has 1 nitrogen and oxygen atoms in total. The molecular formula is C21H39N. The van der Waals surface area contributed by atoms with Gasteiger partial charge in [0.2, 0.25) is 0 Å². The minimum absolute atomic E-state index is 0.143. The second kappa shape index (κ2) is 17.8. The monoisotopic (exact) mass is 305 g/mol. The lowest BCUT2D eigenvalue weighted by Gasteiger charge is -2.28. The Labute approximate surface area is 140 Å². The Morgan fingerprint density at radius 3 is 1.86 bits per heavy atom. The Hall–Kier alpha value is -1.29. The molecule has 0 atom stereocenters. The summed E-state index contributed by atoms with van der Waals surface area (Å²) in [6.45, 7) is 20.8. The first-order valence-corrected chi connectivity index (χ1v) is 8.93. The van der Waals surface area contributed by atoms with Gasteiger partial charge in [-0.1, -0.05) is 87.0 Å². The highest BCUT2D eigenvalue weighted by molar-refractivity contribution is 5.39. The molecule has 0 rings (SSSR count). The van der Waals surface area contributed by atoms with Crippen molar-refractivity contribution in [3.63, 3.8) is 0 Å². The van der Waals surface area contributed by atoms with Crippen LogP contribution in [-0.2, 0) is 0 Å². The van der Waals surface area contributed by atoms with Crippen molar-refractivity contribution in [3.8, 4) is 6.07 Å². The van der Waals surface area contributed by atoms with Gasteiger partial charge < -0.3 is 0 Å². The molecule has 0 aromatic heterocycles. The van der Waals surface area contributed by atoms with Gasteiger partial charge >= 0.3 is 0 Å². The highest BCUT2D eigenvalue weighted by Gasteiger charge is 2.23. The number of hydrogen-bond donors (Lipinski definition) is 0. The fourth-order valence-electron chi connectivity index (χ4n) is 1.68. The Morgan fingerprint density at radius 1 is 1.09 bits per heavy atom. The molecule has 0 saturated carbocycles. The van der Waals surface area contributed by atoms with Crippen molar-refractivity contribution in [2.75, 3.05) is 0 Å². The van der Waals surface area contributed by atoms with Crippen LogP contribution in [0.2, 0.25) is 0 Å². The van der Waals surface area contributed by atoms with Crippen LogP contribution in [0.25, 0.3) is 0 Å². The topological polar surface area (TPSA) is 23.8 Å². The average molecular weight is 306 g/mol. The lowest BCUT2D eigenvalue weighted by atomic mass is 9.76. The summed E-state index contributed by atoms with van der Waals surface area (Å²) >= 11 is 0. The zero-order valence-corrected chi connectivity index (χ0v) is 16.4. The first kappa shape index (κ1) is 25.7. The van der Waals surface area contributed by atoms with Crippen LogP contribution in [0, 0.1) is 16.7 Å². The highest BCUT2D eigenvalue weighted by atomic mass is 14.3. The molecule has 0 bridgehead atoms. The average Bonchev–Trinajstić information content (AvgIpc) is 2.55. The predicted molar refractivity (Wildman–Crippen MR) is 103 cm³/mol. The quantitative estimate of drug-likeness (QED) is 0.350. The molecule has 0 aliphatic carbocycles. The van der Waals surface area contributed by atoms with Crippen LogP contribution in [0.1, 0.15) is 87.5 Å². The summed E-state index contributed by atoms with van der Waals surface area (Å²) in [6.07, 6.45) is 11.9. The zero-order chi connectivity index (χ0) is 18.0.